The molecular formula is C17H30O2. The molecule has 0 radical (unpaired) electrons. The fourth-order valence-electron chi connectivity index (χ4n) is 3.70. The predicted octanol–water partition coefficient (Wildman–Crippen LogP) is 4.59. The molecule has 0 saturated carbocycles. The maximum atomic E-state index is 12.0. The molecule has 0 heterocycles. The van der Waals surface area contributed by atoms with Gasteiger partial charge in [0.25, 0.3) is 0 Å². The zero-order chi connectivity index (χ0) is 14.8. The highest BCUT2D eigenvalue weighted by Crippen LogP contribution is 2.50. The number of hydrogen-bond acceptors (Lipinski definition) is 2. The molecule has 0 saturated heterocycles. The molecule has 0 amide bonds. The van der Waals surface area contributed by atoms with Crippen LogP contribution in [0, 0.1) is 22.7 Å². The molecule has 1 unspecified atom stereocenters. The van der Waals surface area contributed by atoms with E-state index in [4.69, 9.17) is 4.74 Å². The fourth-order valence-corrected chi connectivity index (χ4v) is 3.70. The van der Waals surface area contributed by atoms with E-state index in [9.17, 15) is 4.79 Å². The van der Waals surface area contributed by atoms with Crippen molar-refractivity contribution in [2.75, 3.05) is 6.61 Å². The van der Waals surface area contributed by atoms with Gasteiger partial charge >= 0.3 is 0 Å². The summed E-state index contributed by atoms with van der Waals surface area (Å²) in [5.41, 5.74) is -0.155. The Balaban J connectivity index is 2.85. The van der Waals surface area contributed by atoms with Crippen LogP contribution in [0.15, 0.2) is 11.8 Å². The first kappa shape index (κ1) is 16.3. The third-order valence-electron chi connectivity index (χ3n) is 4.08. The average molecular weight is 266 g/mol. The molecule has 0 aliphatic heterocycles. The van der Waals surface area contributed by atoms with Gasteiger partial charge in [-0.25, -0.2) is 0 Å². The summed E-state index contributed by atoms with van der Waals surface area (Å²) >= 11 is 0. The van der Waals surface area contributed by atoms with Gasteiger partial charge in [-0.1, -0.05) is 41.5 Å². The second-order valence-corrected chi connectivity index (χ2v) is 7.67. The zero-order valence-electron chi connectivity index (χ0n) is 13.7. The van der Waals surface area contributed by atoms with Crippen LogP contribution in [0.4, 0.5) is 0 Å². The van der Waals surface area contributed by atoms with Crippen molar-refractivity contribution in [3.8, 4) is 0 Å². The van der Waals surface area contributed by atoms with Crippen molar-refractivity contribution in [1.29, 1.82) is 0 Å². The molecule has 0 spiro atoms. The second-order valence-electron chi connectivity index (χ2n) is 7.67. The highest BCUT2D eigenvalue weighted by molar-refractivity contribution is 5.80. The van der Waals surface area contributed by atoms with E-state index in [1.807, 2.05) is 0 Å². The largest absolute Gasteiger partial charge is 0.498 e. The van der Waals surface area contributed by atoms with Crippen molar-refractivity contribution in [2.24, 2.45) is 22.7 Å². The Morgan fingerprint density at radius 3 is 2.37 bits per heavy atom. The number of Topliss-reactive ketones (excluding diaryl/α,β-unsaturated/α-hetero) is 1. The van der Waals surface area contributed by atoms with E-state index in [1.54, 1.807) is 6.92 Å². The highest BCUT2D eigenvalue weighted by atomic mass is 16.5. The molecule has 19 heavy (non-hydrogen) atoms. The first-order valence-corrected chi connectivity index (χ1v) is 7.41. The molecule has 110 valence electrons. The van der Waals surface area contributed by atoms with Gasteiger partial charge < -0.3 is 4.74 Å². The number of hydrogen-bond donors (Lipinski definition) is 0. The Morgan fingerprint density at radius 1 is 1.37 bits per heavy atom. The van der Waals surface area contributed by atoms with Crippen molar-refractivity contribution in [1.82, 2.24) is 0 Å². The minimum absolute atomic E-state index is 0.0305. The molecule has 0 aromatic rings. The number of rotatable bonds is 5. The minimum atomic E-state index is -0.124. The first-order valence-electron chi connectivity index (χ1n) is 7.41. The molecule has 0 bridgehead atoms. The molecule has 1 aliphatic rings. The number of carbonyl (C=O) groups is 1. The van der Waals surface area contributed by atoms with Gasteiger partial charge in [0, 0.05) is 12.3 Å². The lowest BCUT2D eigenvalue weighted by Crippen LogP contribution is -2.43. The van der Waals surface area contributed by atoms with Crippen LogP contribution in [0.5, 0.6) is 0 Å². The molecule has 0 aromatic heterocycles. The Hall–Kier alpha value is -0.790. The van der Waals surface area contributed by atoms with E-state index >= 15 is 0 Å². The van der Waals surface area contributed by atoms with E-state index in [1.165, 1.54) is 0 Å². The maximum Gasteiger partial charge on any atom is 0.134 e. The topological polar surface area (TPSA) is 26.3 Å². The smallest absolute Gasteiger partial charge is 0.134 e. The monoisotopic (exact) mass is 266 g/mol. The van der Waals surface area contributed by atoms with Crippen molar-refractivity contribution in [3.63, 3.8) is 0 Å². The van der Waals surface area contributed by atoms with Gasteiger partial charge in [0.15, 0.2) is 0 Å². The summed E-state index contributed by atoms with van der Waals surface area (Å²) < 4.78 is 5.94. The zero-order valence-corrected chi connectivity index (χ0v) is 13.7. The van der Waals surface area contributed by atoms with Gasteiger partial charge in [0.2, 0.25) is 0 Å². The van der Waals surface area contributed by atoms with Crippen LogP contribution < -0.4 is 0 Å². The van der Waals surface area contributed by atoms with Crippen molar-refractivity contribution in [3.05, 3.63) is 11.8 Å². The summed E-state index contributed by atoms with van der Waals surface area (Å²) in [4.78, 5) is 12.0. The molecule has 2 nitrogen and oxygen atoms in total. The summed E-state index contributed by atoms with van der Waals surface area (Å²) in [5, 5.41) is 0. The molecule has 1 atom stereocenters. The van der Waals surface area contributed by atoms with Gasteiger partial charge in [0.1, 0.15) is 5.78 Å². The fraction of sp³-hybridized carbons (Fsp3) is 0.824. The Kier molecular flexibility index (Phi) is 4.86. The van der Waals surface area contributed by atoms with Gasteiger partial charge in [0.05, 0.1) is 12.4 Å². The van der Waals surface area contributed by atoms with E-state index in [-0.39, 0.29) is 22.5 Å². The summed E-state index contributed by atoms with van der Waals surface area (Å²) in [7, 11) is 0. The molecular weight excluding hydrogens is 236 g/mol. The van der Waals surface area contributed by atoms with Crippen LogP contribution in [0.1, 0.15) is 61.3 Å². The number of carbonyl (C=O) groups excluding carboxylic acids is 1. The Morgan fingerprint density at radius 2 is 1.95 bits per heavy atom. The maximum absolute atomic E-state index is 12.0. The average Bonchev–Trinajstić information content (AvgIpc) is 2.10. The van der Waals surface area contributed by atoms with Crippen molar-refractivity contribution >= 4 is 5.78 Å². The first-order chi connectivity index (χ1) is 8.56. The van der Waals surface area contributed by atoms with Gasteiger partial charge in [-0.05, 0) is 36.2 Å². The van der Waals surface area contributed by atoms with Crippen LogP contribution in [0.2, 0.25) is 0 Å². The summed E-state index contributed by atoms with van der Waals surface area (Å²) in [6.07, 6.45) is 4.11. The SMILES string of the molecule is CC(=O)C1C(C)(C)C=C(OCCC(C)C)CC1(C)C. The summed E-state index contributed by atoms with van der Waals surface area (Å²) in [6, 6.07) is 0. The normalized spacial score (nSPS) is 25.1. The quantitative estimate of drug-likeness (QED) is 0.727. The van der Waals surface area contributed by atoms with Crippen LogP contribution in [-0.2, 0) is 9.53 Å². The van der Waals surface area contributed by atoms with Gasteiger partial charge in [-0.2, -0.15) is 0 Å². The lowest BCUT2D eigenvalue weighted by atomic mass is 9.58. The molecule has 1 rings (SSSR count). The number of allylic oxidation sites excluding steroid dienone is 2. The number of ketones is 1. The second kappa shape index (κ2) is 5.68. The highest BCUT2D eigenvalue weighted by Gasteiger charge is 2.46. The van der Waals surface area contributed by atoms with Crippen LogP contribution in [0.3, 0.4) is 0 Å². The van der Waals surface area contributed by atoms with Crippen molar-refractivity contribution < 1.29 is 9.53 Å². The lowest BCUT2D eigenvalue weighted by molar-refractivity contribution is -0.129. The summed E-state index contributed by atoms with van der Waals surface area (Å²) in [5.74, 6) is 2.08. The van der Waals surface area contributed by atoms with Gasteiger partial charge in [-0.15, -0.1) is 0 Å². The Labute approximate surface area is 118 Å². The molecule has 2 heteroatoms. The third kappa shape index (κ3) is 4.09. The standard InChI is InChI=1S/C17H30O2/c1-12(2)8-9-19-14-10-16(4,5)15(13(3)18)17(6,7)11-14/h10,12,15H,8-9,11H2,1-7H3. The van der Waals surface area contributed by atoms with Crippen molar-refractivity contribution in [2.45, 2.75) is 61.3 Å². The summed E-state index contributed by atoms with van der Waals surface area (Å²) in [6.45, 7) is 15.6. The van der Waals surface area contributed by atoms with Gasteiger partial charge in [-0.3, -0.25) is 4.79 Å². The van der Waals surface area contributed by atoms with E-state index in [2.05, 4.69) is 47.6 Å². The minimum Gasteiger partial charge on any atom is -0.498 e. The Bertz CT molecular complexity index is 361. The predicted molar refractivity (Wildman–Crippen MR) is 79.8 cm³/mol. The molecule has 1 aliphatic carbocycles. The van der Waals surface area contributed by atoms with E-state index in [0.29, 0.717) is 5.92 Å². The van der Waals surface area contributed by atoms with Crippen LogP contribution >= 0.6 is 0 Å². The molecule has 0 aromatic carbocycles. The molecule has 0 N–H and O–H groups in total. The van der Waals surface area contributed by atoms with Crippen LogP contribution in [0.25, 0.3) is 0 Å². The van der Waals surface area contributed by atoms with E-state index in [0.717, 1.165) is 25.2 Å². The molecule has 0 fully saturated rings. The number of ether oxygens (including phenoxy) is 1. The van der Waals surface area contributed by atoms with E-state index < -0.39 is 0 Å². The van der Waals surface area contributed by atoms with Crippen LogP contribution in [-0.4, -0.2) is 12.4 Å². The third-order valence-corrected chi connectivity index (χ3v) is 4.08. The lowest BCUT2D eigenvalue weighted by Gasteiger charge is -2.46.